The number of hydrogen-bond acceptors (Lipinski definition) is 3. The van der Waals surface area contributed by atoms with Crippen LogP contribution in [0.2, 0.25) is 0 Å². The van der Waals surface area contributed by atoms with Crippen LogP contribution in [-0.2, 0) is 10.2 Å². The van der Waals surface area contributed by atoms with E-state index in [0.29, 0.717) is 6.42 Å². The fraction of sp³-hybridized carbons (Fsp3) is 0.562. The maximum atomic E-state index is 10.9. The van der Waals surface area contributed by atoms with Gasteiger partial charge in [-0.2, -0.15) is 0 Å². The van der Waals surface area contributed by atoms with Crippen molar-refractivity contribution >= 4 is 17.7 Å². The van der Waals surface area contributed by atoms with Gasteiger partial charge < -0.3 is 0 Å². The minimum absolute atomic E-state index is 0.0737. The molecular formula is C16H26N2OS. The highest BCUT2D eigenvalue weighted by Gasteiger charge is 2.12. The molecule has 0 bridgehead atoms. The number of nitrogens with two attached hydrogens (primary N) is 1. The molecule has 0 aliphatic carbocycles. The molecule has 0 aliphatic rings. The normalized spacial score (nSPS) is 11.4. The van der Waals surface area contributed by atoms with Gasteiger partial charge in [-0.05, 0) is 41.7 Å². The van der Waals surface area contributed by atoms with Gasteiger partial charge in [0.05, 0.1) is 0 Å². The molecule has 0 aliphatic heterocycles. The van der Waals surface area contributed by atoms with Crippen molar-refractivity contribution in [2.24, 2.45) is 5.84 Å². The van der Waals surface area contributed by atoms with Gasteiger partial charge >= 0.3 is 0 Å². The van der Waals surface area contributed by atoms with E-state index in [4.69, 9.17) is 5.84 Å². The van der Waals surface area contributed by atoms with Crippen LogP contribution in [0, 0.1) is 0 Å². The number of hydrazine groups is 1. The molecule has 0 atom stereocenters. The molecular weight excluding hydrogens is 268 g/mol. The molecule has 0 aromatic heterocycles. The zero-order valence-corrected chi connectivity index (χ0v) is 13.6. The Kier molecular flexibility index (Phi) is 7.10. The predicted octanol–water partition coefficient (Wildman–Crippen LogP) is 3.63. The van der Waals surface area contributed by atoms with Gasteiger partial charge in [0.2, 0.25) is 5.91 Å². The van der Waals surface area contributed by atoms with Crippen molar-refractivity contribution in [3.8, 4) is 0 Å². The minimum atomic E-state index is -0.0737. The Morgan fingerprint density at radius 2 is 1.80 bits per heavy atom. The lowest BCUT2D eigenvalue weighted by molar-refractivity contribution is -0.121. The summed E-state index contributed by atoms with van der Waals surface area (Å²) in [5, 5.41) is 0. The Balaban J connectivity index is 2.21. The number of benzene rings is 1. The highest BCUT2D eigenvalue weighted by molar-refractivity contribution is 7.99. The third kappa shape index (κ3) is 6.44. The van der Waals surface area contributed by atoms with Gasteiger partial charge in [0.25, 0.3) is 0 Å². The van der Waals surface area contributed by atoms with E-state index in [1.54, 1.807) is 0 Å². The Hall–Kier alpha value is -1.00. The summed E-state index contributed by atoms with van der Waals surface area (Å²) in [7, 11) is 0. The molecule has 20 heavy (non-hydrogen) atoms. The molecule has 1 rings (SSSR count). The van der Waals surface area contributed by atoms with Gasteiger partial charge in [0.15, 0.2) is 0 Å². The van der Waals surface area contributed by atoms with Gasteiger partial charge in [-0.3, -0.25) is 10.2 Å². The fourth-order valence-corrected chi connectivity index (χ4v) is 2.79. The molecule has 0 saturated heterocycles. The van der Waals surface area contributed by atoms with Crippen LogP contribution < -0.4 is 11.3 Å². The van der Waals surface area contributed by atoms with E-state index in [9.17, 15) is 4.79 Å². The Morgan fingerprint density at radius 1 is 1.15 bits per heavy atom. The highest BCUT2D eigenvalue weighted by Crippen LogP contribution is 2.26. The van der Waals surface area contributed by atoms with E-state index in [2.05, 4.69) is 50.5 Å². The van der Waals surface area contributed by atoms with Crippen LogP contribution in [-0.4, -0.2) is 11.7 Å². The van der Waals surface area contributed by atoms with Crippen molar-refractivity contribution in [2.45, 2.75) is 56.8 Å². The van der Waals surface area contributed by atoms with Crippen molar-refractivity contribution < 1.29 is 4.79 Å². The lowest BCUT2D eigenvalue weighted by Gasteiger charge is -2.19. The maximum absolute atomic E-state index is 10.9. The molecule has 3 nitrogen and oxygen atoms in total. The number of carbonyl (C=O) groups is 1. The van der Waals surface area contributed by atoms with E-state index in [0.717, 1.165) is 25.0 Å². The predicted molar refractivity (Wildman–Crippen MR) is 86.7 cm³/mol. The summed E-state index contributed by atoms with van der Waals surface area (Å²) in [6, 6.07) is 8.84. The standard InChI is InChI=1S/C16H26N2OS/c1-16(2,3)13-8-10-14(11-9-13)20-12-6-4-5-7-15(19)18-17/h8-11H,4-7,12,17H2,1-3H3,(H,18,19). The van der Waals surface area contributed by atoms with Crippen LogP contribution in [0.3, 0.4) is 0 Å². The van der Waals surface area contributed by atoms with E-state index >= 15 is 0 Å². The number of thioether (sulfide) groups is 1. The van der Waals surface area contributed by atoms with E-state index in [1.165, 1.54) is 10.5 Å². The van der Waals surface area contributed by atoms with Crippen molar-refractivity contribution in [1.82, 2.24) is 5.43 Å². The van der Waals surface area contributed by atoms with Crippen LogP contribution in [0.4, 0.5) is 0 Å². The maximum Gasteiger partial charge on any atom is 0.233 e. The Morgan fingerprint density at radius 3 is 2.35 bits per heavy atom. The van der Waals surface area contributed by atoms with Crippen molar-refractivity contribution in [3.05, 3.63) is 29.8 Å². The topological polar surface area (TPSA) is 55.1 Å². The summed E-state index contributed by atoms with van der Waals surface area (Å²) in [6.07, 6.45) is 3.64. The largest absolute Gasteiger partial charge is 0.294 e. The fourth-order valence-electron chi connectivity index (χ4n) is 1.88. The quantitative estimate of drug-likeness (QED) is 0.265. The molecule has 3 N–H and O–H groups in total. The van der Waals surface area contributed by atoms with E-state index in [1.807, 2.05) is 11.8 Å². The molecule has 0 radical (unpaired) electrons. The lowest BCUT2D eigenvalue weighted by Crippen LogP contribution is -2.29. The summed E-state index contributed by atoms with van der Waals surface area (Å²) in [4.78, 5) is 12.3. The van der Waals surface area contributed by atoms with Gasteiger partial charge in [-0.25, -0.2) is 5.84 Å². The minimum Gasteiger partial charge on any atom is -0.294 e. The van der Waals surface area contributed by atoms with Gasteiger partial charge in [0, 0.05) is 11.3 Å². The Bertz CT molecular complexity index is 409. The summed E-state index contributed by atoms with van der Waals surface area (Å²) in [5.74, 6) is 6.05. The molecule has 0 spiro atoms. The van der Waals surface area contributed by atoms with Crippen LogP contribution >= 0.6 is 11.8 Å². The van der Waals surface area contributed by atoms with Gasteiger partial charge in [-0.15, -0.1) is 11.8 Å². The van der Waals surface area contributed by atoms with Crippen LogP contribution in [0.5, 0.6) is 0 Å². The molecule has 112 valence electrons. The van der Waals surface area contributed by atoms with Crippen LogP contribution in [0.15, 0.2) is 29.2 Å². The number of nitrogens with one attached hydrogen (secondary N) is 1. The van der Waals surface area contributed by atoms with Crippen molar-refractivity contribution in [1.29, 1.82) is 0 Å². The summed E-state index contributed by atoms with van der Waals surface area (Å²) >= 11 is 1.88. The molecule has 0 fully saturated rings. The zero-order chi connectivity index (χ0) is 15.0. The van der Waals surface area contributed by atoms with Crippen LogP contribution in [0.1, 0.15) is 52.0 Å². The molecule has 1 aromatic carbocycles. The first-order valence-corrected chi connectivity index (χ1v) is 8.15. The lowest BCUT2D eigenvalue weighted by atomic mass is 9.87. The first-order chi connectivity index (χ1) is 9.43. The SMILES string of the molecule is CC(C)(C)c1ccc(SCCCCCC(=O)NN)cc1. The van der Waals surface area contributed by atoms with E-state index in [-0.39, 0.29) is 11.3 Å². The summed E-state index contributed by atoms with van der Waals surface area (Å²) in [5.41, 5.74) is 3.74. The summed E-state index contributed by atoms with van der Waals surface area (Å²) < 4.78 is 0. The smallest absolute Gasteiger partial charge is 0.233 e. The first kappa shape index (κ1) is 17.1. The van der Waals surface area contributed by atoms with Crippen LogP contribution in [0.25, 0.3) is 0 Å². The van der Waals surface area contributed by atoms with Crippen molar-refractivity contribution in [3.63, 3.8) is 0 Å². The first-order valence-electron chi connectivity index (χ1n) is 7.16. The molecule has 1 amide bonds. The Labute approximate surface area is 126 Å². The number of hydrogen-bond donors (Lipinski definition) is 2. The third-order valence-corrected chi connectivity index (χ3v) is 4.30. The monoisotopic (exact) mass is 294 g/mol. The average Bonchev–Trinajstić information content (AvgIpc) is 2.41. The zero-order valence-electron chi connectivity index (χ0n) is 12.7. The molecule has 1 aromatic rings. The number of amides is 1. The molecule has 0 saturated carbocycles. The van der Waals surface area contributed by atoms with Gasteiger partial charge in [-0.1, -0.05) is 39.3 Å². The number of rotatable bonds is 7. The second-order valence-electron chi connectivity index (χ2n) is 6.00. The number of unbranched alkanes of at least 4 members (excludes halogenated alkanes) is 2. The second-order valence-corrected chi connectivity index (χ2v) is 7.17. The average molecular weight is 294 g/mol. The van der Waals surface area contributed by atoms with E-state index < -0.39 is 0 Å². The van der Waals surface area contributed by atoms with Gasteiger partial charge in [0.1, 0.15) is 0 Å². The molecule has 0 heterocycles. The summed E-state index contributed by atoms with van der Waals surface area (Å²) in [6.45, 7) is 6.69. The molecule has 0 unspecified atom stereocenters. The van der Waals surface area contributed by atoms with Crippen molar-refractivity contribution in [2.75, 3.05) is 5.75 Å². The highest BCUT2D eigenvalue weighted by atomic mass is 32.2. The third-order valence-electron chi connectivity index (χ3n) is 3.20. The second kappa shape index (κ2) is 8.32. The molecule has 4 heteroatoms. The number of carbonyl (C=O) groups excluding carboxylic acids is 1.